The maximum Gasteiger partial charge on any atom is 0.354 e. The van der Waals surface area contributed by atoms with E-state index in [1.54, 1.807) is 18.2 Å². The van der Waals surface area contributed by atoms with Gasteiger partial charge in [0.05, 0.1) is 0 Å². The Bertz CT molecular complexity index is 643. The highest BCUT2D eigenvalue weighted by molar-refractivity contribution is 6.31. The number of benzene rings is 1. The maximum atomic E-state index is 11.9. The van der Waals surface area contributed by atoms with Crippen LogP contribution < -0.4 is 5.32 Å². The fraction of sp³-hybridized carbons (Fsp3) is 0. The molecule has 2 rings (SSSR count). The van der Waals surface area contributed by atoms with Crippen molar-refractivity contribution in [2.24, 2.45) is 0 Å². The van der Waals surface area contributed by atoms with Crippen molar-refractivity contribution in [3.05, 3.63) is 58.7 Å². The van der Waals surface area contributed by atoms with Crippen molar-refractivity contribution in [2.45, 2.75) is 0 Å². The molecule has 6 heteroatoms. The Labute approximate surface area is 113 Å². The highest BCUT2D eigenvalue weighted by atomic mass is 35.5. The Morgan fingerprint density at radius 3 is 2.58 bits per heavy atom. The number of rotatable bonds is 3. The summed E-state index contributed by atoms with van der Waals surface area (Å²) in [4.78, 5) is 26.4. The largest absolute Gasteiger partial charge is 0.477 e. The molecule has 1 aromatic heterocycles. The van der Waals surface area contributed by atoms with Crippen molar-refractivity contribution in [3.8, 4) is 0 Å². The van der Waals surface area contributed by atoms with Gasteiger partial charge in [-0.05, 0) is 30.3 Å². The minimum atomic E-state index is -1.15. The van der Waals surface area contributed by atoms with Crippen LogP contribution in [-0.2, 0) is 0 Å². The van der Waals surface area contributed by atoms with Gasteiger partial charge in [0, 0.05) is 10.6 Å². The number of aromatic nitrogens is 1. The van der Waals surface area contributed by atoms with Crippen LogP contribution in [0.2, 0.25) is 5.02 Å². The number of carboxylic acid groups (broad SMARTS) is 1. The maximum absolute atomic E-state index is 11.9. The molecule has 1 heterocycles. The second kappa shape index (κ2) is 5.49. The van der Waals surface area contributed by atoms with Gasteiger partial charge < -0.3 is 10.4 Å². The fourth-order valence-corrected chi connectivity index (χ4v) is 1.63. The van der Waals surface area contributed by atoms with Crippen LogP contribution in [0.3, 0.4) is 0 Å². The third-order valence-corrected chi connectivity index (χ3v) is 2.53. The zero-order chi connectivity index (χ0) is 13.8. The van der Waals surface area contributed by atoms with Crippen molar-refractivity contribution in [3.63, 3.8) is 0 Å². The smallest absolute Gasteiger partial charge is 0.354 e. The second-order valence-electron chi connectivity index (χ2n) is 3.68. The van der Waals surface area contributed by atoms with Gasteiger partial charge in [-0.15, -0.1) is 0 Å². The van der Waals surface area contributed by atoms with E-state index in [4.69, 9.17) is 16.7 Å². The lowest BCUT2D eigenvalue weighted by Gasteiger charge is -2.05. The van der Waals surface area contributed by atoms with Crippen LogP contribution in [0.4, 0.5) is 5.82 Å². The van der Waals surface area contributed by atoms with Gasteiger partial charge in [-0.2, -0.15) is 0 Å². The van der Waals surface area contributed by atoms with E-state index in [1.165, 1.54) is 24.3 Å². The molecule has 0 atom stereocenters. The van der Waals surface area contributed by atoms with Crippen molar-refractivity contribution in [1.82, 2.24) is 4.98 Å². The molecule has 2 N–H and O–H groups in total. The molecule has 5 nitrogen and oxygen atoms in total. The molecule has 1 amide bonds. The van der Waals surface area contributed by atoms with Gasteiger partial charge in [0.25, 0.3) is 5.91 Å². The molecule has 0 aliphatic rings. The van der Waals surface area contributed by atoms with Gasteiger partial charge >= 0.3 is 5.97 Å². The summed E-state index contributed by atoms with van der Waals surface area (Å²) in [6.07, 6.45) is 0. The first-order chi connectivity index (χ1) is 9.06. The van der Waals surface area contributed by atoms with Gasteiger partial charge in [-0.1, -0.05) is 23.7 Å². The van der Waals surface area contributed by atoms with E-state index < -0.39 is 11.9 Å². The highest BCUT2D eigenvalue weighted by Crippen LogP contribution is 2.12. The Morgan fingerprint density at radius 2 is 1.89 bits per heavy atom. The van der Waals surface area contributed by atoms with Gasteiger partial charge in [0.1, 0.15) is 5.82 Å². The van der Waals surface area contributed by atoms with Crippen LogP contribution in [0.15, 0.2) is 42.5 Å². The highest BCUT2D eigenvalue weighted by Gasteiger charge is 2.09. The molecule has 0 aliphatic heterocycles. The summed E-state index contributed by atoms with van der Waals surface area (Å²) >= 11 is 5.79. The number of nitrogens with one attached hydrogen (secondary N) is 1. The number of amides is 1. The Kier molecular flexibility index (Phi) is 3.77. The number of halogens is 1. The molecule has 0 aliphatic carbocycles. The van der Waals surface area contributed by atoms with E-state index in [0.717, 1.165) is 0 Å². The Morgan fingerprint density at radius 1 is 1.16 bits per heavy atom. The molecule has 0 saturated carbocycles. The minimum absolute atomic E-state index is 0.135. The molecule has 0 fully saturated rings. The molecular weight excluding hydrogens is 268 g/mol. The van der Waals surface area contributed by atoms with Crippen LogP contribution >= 0.6 is 11.6 Å². The number of anilines is 1. The van der Waals surface area contributed by atoms with Crippen molar-refractivity contribution < 1.29 is 14.7 Å². The van der Waals surface area contributed by atoms with Gasteiger partial charge in [-0.25, -0.2) is 9.78 Å². The summed E-state index contributed by atoms with van der Waals surface area (Å²) in [6, 6.07) is 10.8. The lowest BCUT2D eigenvalue weighted by Crippen LogP contribution is -2.14. The lowest BCUT2D eigenvalue weighted by molar-refractivity contribution is 0.0690. The van der Waals surface area contributed by atoms with E-state index in [0.29, 0.717) is 10.6 Å². The average molecular weight is 277 g/mol. The van der Waals surface area contributed by atoms with Crippen molar-refractivity contribution in [2.75, 3.05) is 5.32 Å². The summed E-state index contributed by atoms with van der Waals surface area (Å²) in [6.45, 7) is 0. The van der Waals surface area contributed by atoms with E-state index >= 15 is 0 Å². The number of carbonyl (C=O) groups excluding carboxylic acids is 1. The third-order valence-electron chi connectivity index (χ3n) is 2.30. The molecule has 0 saturated heterocycles. The van der Waals surface area contributed by atoms with E-state index in [-0.39, 0.29) is 11.5 Å². The van der Waals surface area contributed by atoms with E-state index in [2.05, 4.69) is 10.3 Å². The van der Waals surface area contributed by atoms with Crippen LogP contribution in [0, 0.1) is 0 Å². The van der Waals surface area contributed by atoms with Crippen LogP contribution in [0.1, 0.15) is 20.8 Å². The molecule has 0 spiro atoms. The van der Waals surface area contributed by atoms with E-state index in [9.17, 15) is 9.59 Å². The standard InChI is InChI=1S/C13H9ClN2O3/c14-9-4-1-3-8(7-9)12(17)16-11-6-2-5-10(15-11)13(18)19/h1-7H,(H,18,19)(H,15,16,17). The molecule has 1 aromatic carbocycles. The topological polar surface area (TPSA) is 79.3 Å². The summed E-state index contributed by atoms with van der Waals surface area (Å²) < 4.78 is 0. The average Bonchev–Trinajstić information content (AvgIpc) is 2.39. The van der Waals surface area contributed by atoms with Gasteiger partial charge in [0.15, 0.2) is 5.69 Å². The summed E-state index contributed by atoms with van der Waals surface area (Å²) in [7, 11) is 0. The first kappa shape index (κ1) is 13.0. The zero-order valence-electron chi connectivity index (χ0n) is 9.63. The number of pyridine rings is 1. The van der Waals surface area contributed by atoms with Crippen molar-refractivity contribution in [1.29, 1.82) is 0 Å². The van der Waals surface area contributed by atoms with Crippen molar-refractivity contribution >= 4 is 29.3 Å². The Balaban J connectivity index is 2.19. The molecule has 0 radical (unpaired) electrons. The normalized spacial score (nSPS) is 9.95. The first-order valence-corrected chi connectivity index (χ1v) is 5.71. The second-order valence-corrected chi connectivity index (χ2v) is 4.11. The number of aromatic carboxylic acids is 1. The number of nitrogens with zero attached hydrogens (tertiary/aromatic N) is 1. The molecule has 96 valence electrons. The number of hydrogen-bond donors (Lipinski definition) is 2. The zero-order valence-corrected chi connectivity index (χ0v) is 10.4. The first-order valence-electron chi connectivity index (χ1n) is 5.33. The summed E-state index contributed by atoms with van der Waals surface area (Å²) in [5, 5.41) is 11.8. The predicted molar refractivity (Wildman–Crippen MR) is 70.6 cm³/mol. The SMILES string of the molecule is O=C(Nc1cccc(C(=O)O)n1)c1cccc(Cl)c1. The van der Waals surface area contributed by atoms with Crippen LogP contribution in [-0.4, -0.2) is 22.0 Å². The molecule has 0 bridgehead atoms. The molecule has 19 heavy (non-hydrogen) atoms. The molecule has 0 unspecified atom stereocenters. The van der Waals surface area contributed by atoms with E-state index in [1.807, 2.05) is 0 Å². The fourth-order valence-electron chi connectivity index (χ4n) is 1.44. The van der Waals surface area contributed by atoms with Crippen LogP contribution in [0.25, 0.3) is 0 Å². The Hall–Kier alpha value is -2.40. The van der Waals surface area contributed by atoms with Crippen LogP contribution in [0.5, 0.6) is 0 Å². The minimum Gasteiger partial charge on any atom is -0.477 e. The number of hydrogen-bond acceptors (Lipinski definition) is 3. The van der Waals surface area contributed by atoms with Gasteiger partial charge in [-0.3, -0.25) is 4.79 Å². The summed E-state index contributed by atoms with van der Waals surface area (Å²) in [5.41, 5.74) is 0.235. The number of carbonyl (C=O) groups is 2. The molecular formula is C13H9ClN2O3. The lowest BCUT2D eigenvalue weighted by atomic mass is 10.2. The molecule has 2 aromatic rings. The summed E-state index contributed by atoms with van der Waals surface area (Å²) in [5.74, 6) is -1.39. The quantitative estimate of drug-likeness (QED) is 0.903. The monoisotopic (exact) mass is 276 g/mol. The predicted octanol–water partition coefficient (Wildman–Crippen LogP) is 2.69. The third kappa shape index (κ3) is 3.29. The number of carboxylic acids is 1. The van der Waals surface area contributed by atoms with Gasteiger partial charge in [0.2, 0.25) is 0 Å².